The average molecular weight is 360 g/mol. The zero-order chi connectivity index (χ0) is 18.2. The Kier molecular flexibility index (Phi) is 4.22. The normalized spacial score (nSPS) is 11.5. The Balaban J connectivity index is 2.35. The van der Waals surface area contributed by atoms with E-state index >= 15 is 0 Å². The van der Waals surface area contributed by atoms with Crippen LogP contribution in [0.3, 0.4) is 0 Å². The molecule has 0 spiro atoms. The lowest BCUT2D eigenvalue weighted by atomic mass is 10.2. The second-order valence-electron chi connectivity index (χ2n) is 5.37. The number of aromatic nitrogens is 2. The standard InChI is InChI=1S/C17H16N2O5S/c1-11-4-7-13(8-5-11)25(21,22)19-14(17(20)24-3)10-12-6-9-15(23-2)18-16(12)19/h4-10H,1-3H3. The van der Waals surface area contributed by atoms with Gasteiger partial charge in [0.25, 0.3) is 10.0 Å². The van der Waals surface area contributed by atoms with Crippen LogP contribution < -0.4 is 4.74 Å². The summed E-state index contributed by atoms with van der Waals surface area (Å²) in [6, 6.07) is 11.0. The Morgan fingerprint density at radius 2 is 1.76 bits per heavy atom. The number of aryl methyl sites for hydroxylation is 1. The molecule has 25 heavy (non-hydrogen) atoms. The van der Waals surface area contributed by atoms with Crippen LogP contribution in [0.4, 0.5) is 0 Å². The number of nitrogens with zero attached hydrogens (tertiary/aromatic N) is 2. The van der Waals surface area contributed by atoms with Crippen LogP contribution in [0.15, 0.2) is 47.4 Å². The van der Waals surface area contributed by atoms with Gasteiger partial charge in [-0.2, -0.15) is 4.98 Å². The summed E-state index contributed by atoms with van der Waals surface area (Å²) in [4.78, 5) is 16.4. The zero-order valence-corrected chi connectivity index (χ0v) is 14.7. The summed E-state index contributed by atoms with van der Waals surface area (Å²) in [5, 5.41) is 0.483. The van der Waals surface area contributed by atoms with Gasteiger partial charge in [0.15, 0.2) is 5.65 Å². The van der Waals surface area contributed by atoms with Crippen molar-refractivity contribution in [2.75, 3.05) is 14.2 Å². The number of pyridine rings is 1. The van der Waals surface area contributed by atoms with Gasteiger partial charge in [-0.15, -0.1) is 0 Å². The molecule has 0 aliphatic rings. The highest BCUT2D eigenvalue weighted by atomic mass is 32.2. The maximum Gasteiger partial charge on any atom is 0.355 e. The highest BCUT2D eigenvalue weighted by molar-refractivity contribution is 7.90. The van der Waals surface area contributed by atoms with E-state index in [4.69, 9.17) is 9.47 Å². The lowest BCUT2D eigenvalue weighted by Gasteiger charge is -2.11. The fraction of sp³-hybridized carbons (Fsp3) is 0.176. The smallest absolute Gasteiger partial charge is 0.355 e. The van der Waals surface area contributed by atoms with Gasteiger partial charge in [0.2, 0.25) is 5.88 Å². The molecule has 2 heterocycles. The molecule has 0 aliphatic carbocycles. The predicted octanol–water partition coefficient (Wildman–Crippen LogP) is 2.38. The number of carbonyl (C=O) groups excluding carboxylic acids is 1. The van der Waals surface area contributed by atoms with Crippen molar-refractivity contribution >= 4 is 27.0 Å². The summed E-state index contributed by atoms with van der Waals surface area (Å²) < 4.78 is 37.0. The summed E-state index contributed by atoms with van der Waals surface area (Å²) in [5.74, 6) is -0.532. The molecule has 0 atom stereocenters. The maximum atomic E-state index is 13.1. The number of hydrogen-bond donors (Lipinski definition) is 0. The van der Waals surface area contributed by atoms with Crippen molar-refractivity contribution < 1.29 is 22.7 Å². The minimum atomic E-state index is -4.05. The van der Waals surface area contributed by atoms with Crippen LogP contribution in [-0.2, 0) is 14.8 Å². The van der Waals surface area contributed by atoms with E-state index < -0.39 is 16.0 Å². The predicted molar refractivity (Wildman–Crippen MR) is 91.4 cm³/mol. The van der Waals surface area contributed by atoms with Crippen LogP contribution in [0, 0.1) is 6.92 Å². The van der Waals surface area contributed by atoms with E-state index in [0.717, 1.165) is 9.54 Å². The van der Waals surface area contributed by atoms with Crippen LogP contribution in [0.25, 0.3) is 11.0 Å². The third kappa shape index (κ3) is 2.85. The van der Waals surface area contributed by atoms with Gasteiger partial charge < -0.3 is 9.47 Å². The highest BCUT2D eigenvalue weighted by Crippen LogP contribution is 2.27. The van der Waals surface area contributed by atoms with E-state index in [0.29, 0.717) is 5.39 Å². The topological polar surface area (TPSA) is 87.5 Å². The van der Waals surface area contributed by atoms with Gasteiger partial charge in [-0.25, -0.2) is 17.2 Å². The molecule has 0 unspecified atom stereocenters. The molecule has 8 heteroatoms. The number of rotatable bonds is 4. The van der Waals surface area contributed by atoms with Crippen molar-refractivity contribution in [2.24, 2.45) is 0 Å². The van der Waals surface area contributed by atoms with E-state index in [1.54, 1.807) is 24.3 Å². The molecule has 3 rings (SSSR count). The molecular formula is C17H16N2O5S. The fourth-order valence-electron chi connectivity index (χ4n) is 2.46. The van der Waals surface area contributed by atoms with E-state index in [2.05, 4.69) is 4.98 Å². The van der Waals surface area contributed by atoms with E-state index in [1.165, 1.54) is 32.4 Å². The number of esters is 1. The molecule has 0 saturated heterocycles. The Labute approximate surface area is 144 Å². The van der Waals surface area contributed by atoms with Gasteiger partial charge >= 0.3 is 5.97 Å². The third-order valence-electron chi connectivity index (χ3n) is 3.75. The molecule has 0 radical (unpaired) electrons. The molecule has 0 fully saturated rings. The fourth-order valence-corrected chi connectivity index (χ4v) is 3.91. The summed E-state index contributed by atoms with van der Waals surface area (Å²) in [7, 11) is -1.43. The number of fused-ring (bicyclic) bond motifs is 1. The summed E-state index contributed by atoms with van der Waals surface area (Å²) in [5.41, 5.74) is 0.892. The Morgan fingerprint density at radius 3 is 2.36 bits per heavy atom. The SMILES string of the molecule is COC(=O)c1cc2ccc(OC)nc2n1S(=O)(=O)c1ccc(C)cc1. The van der Waals surface area contributed by atoms with Crippen molar-refractivity contribution in [3.63, 3.8) is 0 Å². The van der Waals surface area contributed by atoms with Gasteiger partial charge in [0.05, 0.1) is 19.1 Å². The van der Waals surface area contributed by atoms with E-state index in [-0.39, 0.29) is 22.1 Å². The summed E-state index contributed by atoms with van der Waals surface area (Å²) in [6.07, 6.45) is 0. The number of ether oxygens (including phenoxy) is 2. The number of benzene rings is 1. The molecule has 0 aliphatic heterocycles. The second-order valence-corrected chi connectivity index (χ2v) is 7.16. The zero-order valence-electron chi connectivity index (χ0n) is 13.9. The van der Waals surface area contributed by atoms with Gasteiger partial charge in [-0.05, 0) is 31.2 Å². The molecule has 130 valence electrons. The van der Waals surface area contributed by atoms with Crippen molar-refractivity contribution in [1.29, 1.82) is 0 Å². The number of hydrogen-bond acceptors (Lipinski definition) is 6. The molecule has 7 nitrogen and oxygen atoms in total. The first-order chi connectivity index (χ1) is 11.9. The molecule has 3 aromatic rings. The first-order valence-corrected chi connectivity index (χ1v) is 8.79. The highest BCUT2D eigenvalue weighted by Gasteiger charge is 2.28. The first kappa shape index (κ1) is 17.0. The van der Waals surface area contributed by atoms with Gasteiger partial charge in [0.1, 0.15) is 5.69 Å². The maximum absolute atomic E-state index is 13.1. The number of methoxy groups -OCH3 is 2. The van der Waals surface area contributed by atoms with Crippen molar-refractivity contribution in [3.8, 4) is 5.88 Å². The Hall–Kier alpha value is -2.87. The molecule has 0 amide bonds. The van der Waals surface area contributed by atoms with Crippen LogP contribution >= 0.6 is 0 Å². The quantitative estimate of drug-likeness (QED) is 0.664. The van der Waals surface area contributed by atoms with Crippen LogP contribution in [0.1, 0.15) is 16.1 Å². The van der Waals surface area contributed by atoms with Crippen molar-refractivity contribution in [1.82, 2.24) is 8.96 Å². The lowest BCUT2D eigenvalue weighted by Crippen LogP contribution is -2.19. The second kappa shape index (κ2) is 6.21. The molecular weight excluding hydrogens is 344 g/mol. The first-order valence-electron chi connectivity index (χ1n) is 7.35. The molecule has 0 N–H and O–H groups in total. The van der Waals surface area contributed by atoms with E-state index in [9.17, 15) is 13.2 Å². The van der Waals surface area contributed by atoms with Gasteiger partial charge in [0, 0.05) is 11.5 Å². The Bertz CT molecular complexity index is 1050. The van der Waals surface area contributed by atoms with Gasteiger partial charge in [-0.1, -0.05) is 17.7 Å². The third-order valence-corrected chi connectivity index (χ3v) is 5.46. The summed E-state index contributed by atoms with van der Waals surface area (Å²) in [6.45, 7) is 1.85. The van der Waals surface area contributed by atoms with Crippen LogP contribution in [0.5, 0.6) is 5.88 Å². The number of carbonyl (C=O) groups is 1. The van der Waals surface area contributed by atoms with Crippen molar-refractivity contribution in [2.45, 2.75) is 11.8 Å². The minimum absolute atomic E-state index is 0.0466. The van der Waals surface area contributed by atoms with Crippen LogP contribution in [0.2, 0.25) is 0 Å². The van der Waals surface area contributed by atoms with Gasteiger partial charge in [-0.3, -0.25) is 0 Å². The van der Waals surface area contributed by atoms with Crippen LogP contribution in [-0.4, -0.2) is 37.6 Å². The minimum Gasteiger partial charge on any atom is -0.481 e. The molecule has 0 saturated carbocycles. The Morgan fingerprint density at radius 1 is 1.08 bits per heavy atom. The van der Waals surface area contributed by atoms with Crippen molar-refractivity contribution in [3.05, 3.63) is 53.7 Å². The largest absolute Gasteiger partial charge is 0.481 e. The monoisotopic (exact) mass is 360 g/mol. The molecule has 0 bridgehead atoms. The summed E-state index contributed by atoms with van der Waals surface area (Å²) >= 11 is 0. The molecule has 1 aromatic carbocycles. The molecule has 2 aromatic heterocycles. The lowest BCUT2D eigenvalue weighted by molar-refractivity contribution is 0.0593. The average Bonchev–Trinajstić information content (AvgIpc) is 3.00. The van der Waals surface area contributed by atoms with E-state index in [1.807, 2.05) is 6.92 Å².